The second-order valence-electron chi connectivity index (χ2n) is 11.9. The van der Waals surface area contributed by atoms with Gasteiger partial charge >= 0.3 is 0 Å². The highest BCUT2D eigenvalue weighted by Crippen LogP contribution is 2.61. The van der Waals surface area contributed by atoms with Crippen LogP contribution >= 0.6 is 0 Å². The van der Waals surface area contributed by atoms with E-state index in [9.17, 15) is 0 Å². The first kappa shape index (κ1) is 24.0. The van der Waals surface area contributed by atoms with E-state index in [4.69, 9.17) is 4.74 Å². The third-order valence-corrected chi connectivity index (χ3v) is 9.95. The van der Waals surface area contributed by atoms with E-state index in [1.165, 1.54) is 94.1 Å². The van der Waals surface area contributed by atoms with Crippen molar-refractivity contribution in [2.45, 2.75) is 103 Å². The summed E-state index contributed by atoms with van der Waals surface area (Å²) in [6.45, 7) is 8.20. The largest absolute Gasteiger partial charge is 0.497 e. The van der Waals surface area contributed by atoms with Crippen LogP contribution in [0, 0.1) is 31.1 Å². The van der Waals surface area contributed by atoms with Crippen LogP contribution in [-0.4, -0.2) is 24.7 Å². The van der Waals surface area contributed by atoms with Gasteiger partial charge in [0.1, 0.15) is 5.75 Å². The minimum Gasteiger partial charge on any atom is -0.497 e. The van der Waals surface area contributed by atoms with Gasteiger partial charge in [-0.15, -0.1) is 0 Å². The van der Waals surface area contributed by atoms with Crippen LogP contribution < -0.4 is 10.1 Å². The number of unbranched alkanes of at least 4 members (excludes halogenated alkanes) is 3. The Morgan fingerprint density at radius 3 is 2.68 bits per heavy atom. The van der Waals surface area contributed by atoms with E-state index in [2.05, 4.69) is 55.3 Å². The number of ether oxygens (including phenoxy) is 1. The highest BCUT2D eigenvalue weighted by Gasteiger charge is 2.54. The van der Waals surface area contributed by atoms with E-state index < -0.39 is 0 Å². The van der Waals surface area contributed by atoms with Gasteiger partial charge in [-0.3, -0.25) is 0 Å². The van der Waals surface area contributed by atoms with Crippen LogP contribution in [-0.2, 0) is 12.8 Å². The molecule has 2 fully saturated rings. The van der Waals surface area contributed by atoms with Crippen LogP contribution in [0.5, 0.6) is 5.75 Å². The molecule has 5 atom stereocenters. The summed E-state index contributed by atoms with van der Waals surface area (Å²) in [6.07, 6.45) is 14.7. The predicted molar refractivity (Wildman–Crippen MR) is 142 cm³/mol. The maximum Gasteiger partial charge on any atom is 0.119 e. The maximum absolute atomic E-state index is 5.50. The van der Waals surface area contributed by atoms with E-state index in [1.807, 2.05) is 0 Å². The Balaban J connectivity index is 1.09. The molecule has 0 aliphatic heterocycles. The number of hydrogen-bond donors (Lipinski definition) is 2. The van der Waals surface area contributed by atoms with E-state index in [0.29, 0.717) is 5.41 Å². The van der Waals surface area contributed by atoms with Crippen LogP contribution in [0.3, 0.4) is 0 Å². The van der Waals surface area contributed by atoms with Gasteiger partial charge in [0.15, 0.2) is 0 Å². The van der Waals surface area contributed by atoms with E-state index in [-0.39, 0.29) is 0 Å². The lowest BCUT2D eigenvalue weighted by Crippen LogP contribution is -2.48. The molecule has 0 saturated heterocycles. The van der Waals surface area contributed by atoms with E-state index in [1.54, 1.807) is 18.2 Å². The number of aromatic nitrogens is 1. The van der Waals surface area contributed by atoms with Crippen molar-refractivity contribution in [3.63, 3.8) is 0 Å². The summed E-state index contributed by atoms with van der Waals surface area (Å²) in [6, 6.07) is 9.93. The Morgan fingerprint density at radius 2 is 1.88 bits per heavy atom. The molecule has 3 aliphatic carbocycles. The van der Waals surface area contributed by atoms with Gasteiger partial charge in [0, 0.05) is 17.4 Å². The molecule has 5 rings (SSSR count). The molecule has 186 valence electrons. The number of fused-ring (bicyclic) bond motifs is 5. The molecule has 3 heteroatoms. The molecule has 0 unspecified atom stereocenters. The molecular formula is C31H46N2O. The van der Waals surface area contributed by atoms with Crippen molar-refractivity contribution in [3.05, 3.63) is 52.3 Å². The van der Waals surface area contributed by atoms with Gasteiger partial charge in [0.2, 0.25) is 0 Å². The van der Waals surface area contributed by atoms with Gasteiger partial charge in [-0.1, -0.05) is 25.8 Å². The van der Waals surface area contributed by atoms with Crippen molar-refractivity contribution in [3.8, 4) is 5.75 Å². The summed E-state index contributed by atoms with van der Waals surface area (Å²) in [5.41, 5.74) is 7.86. The average molecular weight is 463 g/mol. The summed E-state index contributed by atoms with van der Waals surface area (Å²) in [5, 5.41) is 4.05. The Hall–Kier alpha value is -1.74. The predicted octanol–water partition coefficient (Wildman–Crippen LogP) is 7.26. The molecular weight excluding hydrogens is 416 g/mol. The van der Waals surface area contributed by atoms with Gasteiger partial charge in [0.05, 0.1) is 7.11 Å². The third-order valence-electron chi connectivity index (χ3n) is 9.95. The van der Waals surface area contributed by atoms with Crippen LogP contribution in [0.1, 0.15) is 98.7 Å². The summed E-state index contributed by atoms with van der Waals surface area (Å²) < 4.78 is 5.50. The molecule has 0 bridgehead atoms. The van der Waals surface area contributed by atoms with Crippen LogP contribution in [0.25, 0.3) is 0 Å². The molecule has 3 nitrogen and oxygen atoms in total. The zero-order valence-electron chi connectivity index (χ0n) is 22.0. The number of nitrogens with one attached hydrogen (secondary N) is 2. The van der Waals surface area contributed by atoms with Crippen molar-refractivity contribution < 1.29 is 4.74 Å². The third kappa shape index (κ3) is 4.57. The molecule has 0 spiro atoms. The number of methoxy groups -OCH3 is 1. The second-order valence-corrected chi connectivity index (χ2v) is 11.9. The van der Waals surface area contributed by atoms with Gasteiger partial charge in [-0.05, 0) is 136 Å². The minimum atomic E-state index is 0.495. The van der Waals surface area contributed by atoms with Crippen LogP contribution in [0.15, 0.2) is 24.3 Å². The van der Waals surface area contributed by atoms with Crippen molar-refractivity contribution in [2.24, 2.45) is 17.3 Å². The lowest BCUT2D eigenvalue weighted by Gasteiger charge is -2.51. The second kappa shape index (κ2) is 10.1. The van der Waals surface area contributed by atoms with Crippen LogP contribution in [0.2, 0.25) is 0 Å². The normalized spacial score (nSPS) is 30.0. The highest BCUT2D eigenvalue weighted by molar-refractivity contribution is 5.40. The Bertz CT molecular complexity index is 978. The molecule has 0 radical (unpaired) electrons. The smallest absolute Gasteiger partial charge is 0.119 e. The first-order chi connectivity index (χ1) is 16.5. The summed E-state index contributed by atoms with van der Waals surface area (Å²) in [4.78, 5) is 3.44. The fourth-order valence-electron chi connectivity index (χ4n) is 8.13. The molecule has 1 aromatic carbocycles. The maximum atomic E-state index is 5.50. The lowest BCUT2D eigenvalue weighted by molar-refractivity contribution is 0.0412. The number of hydrogen-bond acceptors (Lipinski definition) is 2. The zero-order chi connectivity index (χ0) is 23.7. The van der Waals surface area contributed by atoms with Gasteiger partial charge in [0.25, 0.3) is 0 Å². The van der Waals surface area contributed by atoms with Gasteiger partial charge in [-0.25, -0.2) is 0 Å². The molecule has 1 heterocycles. The molecule has 0 amide bonds. The van der Waals surface area contributed by atoms with Crippen molar-refractivity contribution in [1.82, 2.24) is 10.3 Å². The minimum absolute atomic E-state index is 0.495. The number of aromatic amines is 1. The molecule has 34 heavy (non-hydrogen) atoms. The number of rotatable bonds is 9. The quantitative estimate of drug-likeness (QED) is 0.385. The summed E-state index contributed by atoms with van der Waals surface area (Å²) >= 11 is 0. The van der Waals surface area contributed by atoms with Crippen molar-refractivity contribution in [1.29, 1.82) is 0 Å². The highest BCUT2D eigenvalue weighted by atomic mass is 16.5. The van der Waals surface area contributed by atoms with Crippen molar-refractivity contribution in [2.75, 3.05) is 13.7 Å². The van der Waals surface area contributed by atoms with E-state index >= 15 is 0 Å². The first-order valence-electron chi connectivity index (χ1n) is 14.0. The Kier molecular flexibility index (Phi) is 7.12. The topological polar surface area (TPSA) is 37.0 Å². The number of H-pyrrole nitrogens is 1. The fraction of sp³-hybridized carbons (Fsp3) is 0.677. The molecule has 1 aromatic heterocycles. The average Bonchev–Trinajstić information content (AvgIpc) is 3.35. The Morgan fingerprint density at radius 1 is 1.03 bits per heavy atom. The SMILES string of the molecule is COc1ccc2c(c1)CC[C@@H]1[C@@H]2CC[C@]2(C)[C@@H](NCCCCCCc3cc(C)[nH]c3C)CC[C@@H]12. The van der Waals surface area contributed by atoms with E-state index in [0.717, 1.165) is 29.5 Å². The molecule has 2 N–H and O–H groups in total. The monoisotopic (exact) mass is 462 g/mol. The van der Waals surface area contributed by atoms with Crippen LogP contribution in [0.4, 0.5) is 0 Å². The Labute approximate surface area is 207 Å². The summed E-state index contributed by atoms with van der Waals surface area (Å²) in [7, 11) is 1.79. The standard InChI is InChI=1S/C31H46N2O/c1-21-19-23(22(2)33-21)9-7-5-6-8-18-32-30-15-14-29-28-12-10-24-20-25(34-4)11-13-26(24)27(28)16-17-31(29,30)3/h11,13,19-20,27-30,32-33H,5-10,12,14-18H2,1-4H3/t27-,28-,29+,30+,31+/m1/s1. The first-order valence-corrected chi connectivity index (χ1v) is 14.0. The lowest BCUT2D eigenvalue weighted by atomic mass is 9.55. The van der Waals surface area contributed by atoms with Gasteiger partial charge in [-0.2, -0.15) is 0 Å². The molecule has 2 saturated carbocycles. The van der Waals surface area contributed by atoms with Gasteiger partial charge < -0.3 is 15.0 Å². The molecule has 2 aromatic rings. The zero-order valence-corrected chi connectivity index (χ0v) is 22.0. The number of aryl methyl sites for hydroxylation is 4. The number of benzene rings is 1. The summed E-state index contributed by atoms with van der Waals surface area (Å²) in [5.74, 6) is 3.58. The fourth-order valence-corrected chi connectivity index (χ4v) is 8.13. The van der Waals surface area contributed by atoms with Crippen molar-refractivity contribution >= 4 is 0 Å². The molecule has 3 aliphatic rings.